The Morgan fingerprint density at radius 1 is 1.22 bits per heavy atom. The van der Waals surface area contributed by atoms with Crippen molar-refractivity contribution in [3.05, 3.63) is 35.4 Å². The van der Waals surface area contributed by atoms with E-state index in [0.29, 0.717) is 23.1 Å². The smallest absolute Gasteiger partial charge is 0.254 e. The summed E-state index contributed by atoms with van der Waals surface area (Å²) in [5.74, 6) is 0.0431. The molecule has 2 N–H and O–H groups in total. The van der Waals surface area contributed by atoms with Crippen LogP contribution >= 0.6 is 0 Å². The molecule has 1 aromatic carbocycles. The van der Waals surface area contributed by atoms with Crippen LogP contribution in [0.4, 0.5) is 0 Å². The van der Waals surface area contributed by atoms with E-state index in [1.165, 1.54) is 0 Å². The lowest BCUT2D eigenvalue weighted by atomic mass is 9.91. The highest BCUT2D eigenvalue weighted by Gasteiger charge is 2.34. The Kier molecular flexibility index (Phi) is 3.36. The topological polar surface area (TPSA) is 63.4 Å². The molecule has 4 nitrogen and oxygen atoms in total. The molecule has 1 aliphatic rings. The average Bonchev–Trinajstić information content (AvgIpc) is 2.26. The standard InChI is InChI=1S/C14H18N2O2/c1-9(2)12-7-8-16(12)14(18)11-5-3-10(4-6-11)13(15)17/h3-6,9,12H,7-8H2,1-2H3,(H2,15,17)/t12-/m1/s1. The Morgan fingerprint density at radius 2 is 1.78 bits per heavy atom. The van der Waals surface area contributed by atoms with Crippen molar-refractivity contribution < 1.29 is 9.59 Å². The molecule has 0 radical (unpaired) electrons. The first-order valence-corrected chi connectivity index (χ1v) is 6.21. The predicted octanol–water partition coefficient (Wildman–Crippen LogP) is 1.66. The van der Waals surface area contributed by atoms with E-state index in [0.717, 1.165) is 13.0 Å². The van der Waals surface area contributed by atoms with Gasteiger partial charge < -0.3 is 10.6 Å². The van der Waals surface area contributed by atoms with Gasteiger partial charge in [0.1, 0.15) is 0 Å². The fraction of sp³-hybridized carbons (Fsp3) is 0.429. The van der Waals surface area contributed by atoms with E-state index in [4.69, 9.17) is 5.73 Å². The van der Waals surface area contributed by atoms with Crippen LogP contribution < -0.4 is 5.73 Å². The van der Waals surface area contributed by atoms with Gasteiger partial charge in [-0.15, -0.1) is 0 Å². The molecule has 4 heteroatoms. The second-order valence-electron chi connectivity index (χ2n) is 5.04. The molecule has 0 aromatic heterocycles. The monoisotopic (exact) mass is 246 g/mol. The average molecular weight is 246 g/mol. The number of likely N-dealkylation sites (tertiary alicyclic amines) is 1. The minimum absolute atomic E-state index is 0.0379. The third-order valence-corrected chi connectivity index (χ3v) is 3.51. The van der Waals surface area contributed by atoms with Crippen LogP contribution in [0, 0.1) is 5.92 Å². The molecular formula is C14H18N2O2. The molecule has 2 amide bonds. The zero-order chi connectivity index (χ0) is 13.3. The van der Waals surface area contributed by atoms with Gasteiger partial charge >= 0.3 is 0 Å². The number of primary amides is 1. The quantitative estimate of drug-likeness (QED) is 0.881. The number of carbonyl (C=O) groups is 2. The minimum atomic E-state index is -0.474. The number of rotatable bonds is 3. The van der Waals surface area contributed by atoms with E-state index < -0.39 is 5.91 Å². The molecule has 1 aliphatic heterocycles. The summed E-state index contributed by atoms with van der Waals surface area (Å²) in [6.45, 7) is 5.07. The SMILES string of the molecule is CC(C)[C@H]1CCN1C(=O)c1ccc(C(N)=O)cc1. The molecule has 1 fully saturated rings. The van der Waals surface area contributed by atoms with Gasteiger partial charge in [-0.3, -0.25) is 9.59 Å². The molecule has 18 heavy (non-hydrogen) atoms. The number of amides is 2. The van der Waals surface area contributed by atoms with Crippen LogP contribution in [0.25, 0.3) is 0 Å². The van der Waals surface area contributed by atoms with E-state index in [1.54, 1.807) is 24.3 Å². The summed E-state index contributed by atoms with van der Waals surface area (Å²) < 4.78 is 0. The number of nitrogens with zero attached hydrogens (tertiary/aromatic N) is 1. The Bertz CT molecular complexity index is 465. The van der Waals surface area contributed by atoms with E-state index in [-0.39, 0.29) is 5.91 Å². The Balaban J connectivity index is 2.12. The zero-order valence-corrected chi connectivity index (χ0v) is 10.7. The maximum atomic E-state index is 12.2. The maximum absolute atomic E-state index is 12.2. The Morgan fingerprint density at radius 3 is 2.17 bits per heavy atom. The van der Waals surface area contributed by atoms with Gasteiger partial charge in [-0.2, -0.15) is 0 Å². The second kappa shape index (κ2) is 4.80. The van der Waals surface area contributed by atoms with Gasteiger partial charge in [0.15, 0.2) is 0 Å². The molecule has 1 atom stereocenters. The molecule has 1 heterocycles. The van der Waals surface area contributed by atoms with E-state index in [9.17, 15) is 9.59 Å². The van der Waals surface area contributed by atoms with Crippen LogP contribution in [0.3, 0.4) is 0 Å². The second-order valence-corrected chi connectivity index (χ2v) is 5.04. The predicted molar refractivity (Wildman–Crippen MR) is 69.2 cm³/mol. The molecule has 0 spiro atoms. The molecule has 2 rings (SSSR count). The highest BCUT2D eigenvalue weighted by molar-refractivity contribution is 5.97. The van der Waals surface area contributed by atoms with Gasteiger partial charge in [-0.1, -0.05) is 13.8 Å². The van der Waals surface area contributed by atoms with E-state index in [2.05, 4.69) is 13.8 Å². The summed E-state index contributed by atoms with van der Waals surface area (Å²) in [5.41, 5.74) is 6.21. The lowest BCUT2D eigenvalue weighted by molar-refractivity contribution is 0.0347. The summed E-state index contributed by atoms with van der Waals surface area (Å²) >= 11 is 0. The van der Waals surface area contributed by atoms with Crippen molar-refractivity contribution in [3.63, 3.8) is 0 Å². The molecule has 0 aliphatic carbocycles. The number of hydrogen-bond acceptors (Lipinski definition) is 2. The first-order valence-electron chi connectivity index (χ1n) is 6.21. The third-order valence-electron chi connectivity index (χ3n) is 3.51. The maximum Gasteiger partial charge on any atom is 0.254 e. The third kappa shape index (κ3) is 2.23. The molecule has 0 unspecified atom stereocenters. The molecular weight excluding hydrogens is 228 g/mol. The van der Waals surface area contributed by atoms with Gasteiger partial charge in [0.25, 0.3) is 5.91 Å². The fourth-order valence-electron chi connectivity index (χ4n) is 2.30. The number of benzene rings is 1. The lowest BCUT2D eigenvalue weighted by Gasteiger charge is -2.43. The molecule has 96 valence electrons. The molecule has 0 bridgehead atoms. The number of nitrogens with two attached hydrogens (primary N) is 1. The van der Waals surface area contributed by atoms with Crippen molar-refractivity contribution in [1.29, 1.82) is 0 Å². The van der Waals surface area contributed by atoms with Crippen molar-refractivity contribution in [3.8, 4) is 0 Å². The van der Waals surface area contributed by atoms with Crippen LogP contribution in [0.15, 0.2) is 24.3 Å². The van der Waals surface area contributed by atoms with E-state index >= 15 is 0 Å². The van der Waals surface area contributed by atoms with Crippen molar-refractivity contribution >= 4 is 11.8 Å². The fourth-order valence-corrected chi connectivity index (χ4v) is 2.30. The summed E-state index contributed by atoms with van der Waals surface area (Å²) in [4.78, 5) is 25.1. The van der Waals surface area contributed by atoms with Gasteiger partial charge in [-0.25, -0.2) is 0 Å². The highest BCUT2D eigenvalue weighted by Crippen LogP contribution is 2.26. The summed E-state index contributed by atoms with van der Waals surface area (Å²) in [5, 5.41) is 0. The first kappa shape index (κ1) is 12.6. The van der Waals surface area contributed by atoms with Crippen molar-refractivity contribution in [2.24, 2.45) is 11.7 Å². The van der Waals surface area contributed by atoms with Gasteiger partial charge in [-0.05, 0) is 36.6 Å². The van der Waals surface area contributed by atoms with Crippen LogP contribution in [0.2, 0.25) is 0 Å². The van der Waals surface area contributed by atoms with Crippen LogP contribution in [-0.4, -0.2) is 29.3 Å². The summed E-state index contributed by atoms with van der Waals surface area (Å²) in [6, 6.07) is 6.86. The van der Waals surface area contributed by atoms with Crippen molar-refractivity contribution in [2.45, 2.75) is 26.3 Å². The lowest BCUT2D eigenvalue weighted by Crippen LogP contribution is -2.53. The van der Waals surface area contributed by atoms with Crippen LogP contribution in [0.1, 0.15) is 41.0 Å². The van der Waals surface area contributed by atoms with Crippen molar-refractivity contribution in [2.75, 3.05) is 6.54 Å². The molecule has 1 aromatic rings. The van der Waals surface area contributed by atoms with Gasteiger partial charge in [0, 0.05) is 23.7 Å². The summed E-state index contributed by atoms with van der Waals surface area (Å²) in [6.07, 6.45) is 1.07. The largest absolute Gasteiger partial charge is 0.366 e. The summed E-state index contributed by atoms with van der Waals surface area (Å²) in [7, 11) is 0. The Hall–Kier alpha value is -1.84. The number of carbonyl (C=O) groups excluding carboxylic acids is 2. The minimum Gasteiger partial charge on any atom is -0.366 e. The van der Waals surface area contributed by atoms with Crippen LogP contribution in [0.5, 0.6) is 0 Å². The highest BCUT2D eigenvalue weighted by atomic mass is 16.2. The number of hydrogen-bond donors (Lipinski definition) is 1. The van der Waals surface area contributed by atoms with Gasteiger partial charge in [0.05, 0.1) is 0 Å². The van der Waals surface area contributed by atoms with Crippen LogP contribution in [-0.2, 0) is 0 Å². The Labute approximate surface area is 107 Å². The van der Waals surface area contributed by atoms with Crippen molar-refractivity contribution in [1.82, 2.24) is 4.90 Å². The molecule has 1 saturated heterocycles. The first-order chi connectivity index (χ1) is 8.50. The molecule has 0 saturated carbocycles. The van der Waals surface area contributed by atoms with Gasteiger partial charge in [0.2, 0.25) is 5.91 Å². The normalized spacial score (nSPS) is 18.6. The van der Waals surface area contributed by atoms with E-state index in [1.807, 2.05) is 4.90 Å². The zero-order valence-electron chi connectivity index (χ0n) is 10.7.